The maximum absolute atomic E-state index is 13.1. The van der Waals surface area contributed by atoms with E-state index in [4.69, 9.17) is 17.0 Å². The van der Waals surface area contributed by atoms with Gasteiger partial charge in [-0.1, -0.05) is 0 Å². The van der Waals surface area contributed by atoms with Crippen molar-refractivity contribution in [1.29, 1.82) is 0 Å². The predicted molar refractivity (Wildman–Crippen MR) is 119 cm³/mol. The minimum Gasteiger partial charge on any atom is -0.373 e. The van der Waals surface area contributed by atoms with Crippen molar-refractivity contribution in [2.75, 3.05) is 62.6 Å². The zero-order chi connectivity index (χ0) is 20.9. The molecule has 0 bridgehead atoms. The molecule has 0 aromatic heterocycles. The number of ether oxygens (including phenoxy) is 1. The van der Waals surface area contributed by atoms with E-state index in [0.29, 0.717) is 11.7 Å². The number of nitrogens with zero attached hydrogens (tertiary/aromatic N) is 3. The number of morpholine rings is 1. The quantitative estimate of drug-likeness (QED) is 0.747. The van der Waals surface area contributed by atoms with Crippen molar-refractivity contribution in [3.05, 3.63) is 60.2 Å². The van der Waals surface area contributed by atoms with E-state index in [1.165, 1.54) is 24.3 Å². The van der Waals surface area contributed by atoms with Crippen LogP contribution in [0.1, 0.15) is 0 Å². The minimum atomic E-state index is -0.266. The van der Waals surface area contributed by atoms with Crippen LogP contribution in [-0.2, 0) is 4.74 Å². The standard InChI is InChI=1S/C22H26F2N4OS/c23-17-1-5-19(6-2-17)25-22(30)28-13-14-29-21(16-28)15-26-9-11-27(12-10-26)20-7-3-18(24)4-8-20/h1-8,21H,9-16H2,(H,25,30). The van der Waals surface area contributed by atoms with Crippen molar-refractivity contribution < 1.29 is 13.5 Å². The molecule has 0 aliphatic carbocycles. The fourth-order valence-electron chi connectivity index (χ4n) is 3.88. The van der Waals surface area contributed by atoms with E-state index in [1.807, 2.05) is 12.1 Å². The highest BCUT2D eigenvalue weighted by Crippen LogP contribution is 2.18. The van der Waals surface area contributed by atoms with E-state index >= 15 is 0 Å². The van der Waals surface area contributed by atoms with Crippen LogP contribution in [0.2, 0.25) is 0 Å². The number of hydrogen-bond acceptors (Lipinski definition) is 4. The van der Waals surface area contributed by atoms with Gasteiger partial charge in [0.15, 0.2) is 5.11 Å². The monoisotopic (exact) mass is 432 g/mol. The van der Waals surface area contributed by atoms with Crippen molar-refractivity contribution in [2.24, 2.45) is 0 Å². The zero-order valence-electron chi connectivity index (χ0n) is 16.8. The Labute approximate surface area is 181 Å². The summed E-state index contributed by atoms with van der Waals surface area (Å²) in [4.78, 5) is 6.80. The fourth-order valence-corrected chi connectivity index (χ4v) is 4.16. The Bertz CT molecular complexity index is 841. The lowest BCUT2D eigenvalue weighted by atomic mass is 10.2. The van der Waals surface area contributed by atoms with Crippen molar-refractivity contribution in [2.45, 2.75) is 6.10 Å². The maximum Gasteiger partial charge on any atom is 0.173 e. The van der Waals surface area contributed by atoms with E-state index < -0.39 is 0 Å². The van der Waals surface area contributed by atoms with Crippen molar-refractivity contribution in [3.63, 3.8) is 0 Å². The van der Waals surface area contributed by atoms with Gasteiger partial charge in [-0.05, 0) is 60.7 Å². The molecule has 0 saturated carbocycles. The first kappa shape index (κ1) is 21.0. The highest BCUT2D eigenvalue weighted by molar-refractivity contribution is 7.80. The number of halogens is 2. The summed E-state index contributed by atoms with van der Waals surface area (Å²) in [6.07, 6.45) is 0.0871. The maximum atomic E-state index is 13.1. The molecular weight excluding hydrogens is 406 g/mol. The number of hydrogen-bond donors (Lipinski definition) is 1. The molecule has 4 rings (SSSR count). The first-order chi connectivity index (χ1) is 14.6. The second kappa shape index (κ2) is 9.68. The van der Waals surface area contributed by atoms with Gasteiger partial charge in [0, 0.05) is 57.2 Å². The molecule has 30 heavy (non-hydrogen) atoms. The highest BCUT2D eigenvalue weighted by Gasteiger charge is 2.26. The summed E-state index contributed by atoms with van der Waals surface area (Å²) in [6, 6.07) is 12.9. The van der Waals surface area contributed by atoms with Gasteiger partial charge in [0.25, 0.3) is 0 Å². The second-order valence-electron chi connectivity index (χ2n) is 7.64. The Morgan fingerprint density at radius 3 is 2.23 bits per heavy atom. The second-order valence-corrected chi connectivity index (χ2v) is 8.03. The summed E-state index contributed by atoms with van der Waals surface area (Å²) < 4.78 is 32.2. The van der Waals surface area contributed by atoms with Gasteiger partial charge in [0.2, 0.25) is 0 Å². The van der Waals surface area contributed by atoms with Crippen LogP contribution in [0, 0.1) is 11.6 Å². The zero-order valence-corrected chi connectivity index (χ0v) is 17.6. The molecule has 2 fully saturated rings. The molecule has 2 heterocycles. The Kier molecular flexibility index (Phi) is 6.76. The number of rotatable bonds is 4. The molecule has 8 heteroatoms. The van der Waals surface area contributed by atoms with Gasteiger partial charge in [0.05, 0.1) is 12.7 Å². The summed E-state index contributed by atoms with van der Waals surface area (Å²) in [5.41, 5.74) is 1.84. The third-order valence-corrected chi connectivity index (χ3v) is 5.91. The van der Waals surface area contributed by atoms with Crippen molar-refractivity contribution >= 4 is 28.7 Å². The molecule has 5 nitrogen and oxygen atoms in total. The van der Waals surface area contributed by atoms with Crippen LogP contribution in [0.25, 0.3) is 0 Å². The summed E-state index contributed by atoms with van der Waals surface area (Å²) >= 11 is 5.54. The lowest BCUT2D eigenvalue weighted by Gasteiger charge is -2.40. The highest BCUT2D eigenvalue weighted by atomic mass is 32.1. The molecule has 1 atom stereocenters. The summed E-state index contributed by atoms with van der Waals surface area (Å²) in [7, 11) is 0. The van der Waals surface area contributed by atoms with E-state index in [2.05, 4.69) is 20.0 Å². The third kappa shape index (κ3) is 5.44. The van der Waals surface area contributed by atoms with Gasteiger partial charge >= 0.3 is 0 Å². The van der Waals surface area contributed by atoms with E-state index in [9.17, 15) is 8.78 Å². The Hall–Kier alpha value is -2.29. The molecule has 2 aromatic rings. The fraction of sp³-hybridized carbons (Fsp3) is 0.409. The van der Waals surface area contributed by atoms with Gasteiger partial charge in [-0.3, -0.25) is 4.90 Å². The number of thiocarbonyl (C=S) groups is 1. The molecule has 0 amide bonds. The number of piperazine rings is 1. The Morgan fingerprint density at radius 1 is 0.933 bits per heavy atom. The molecule has 1 unspecified atom stereocenters. The molecule has 160 valence electrons. The Balaban J connectivity index is 1.24. The van der Waals surface area contributed by atoms with Crippen molar-refractivity contribution in [3.8, 4) is 0 Å². The average molecular weight is 433 g/mol. The smallest absolute Gasteiger partial charge is 0.173 e. The molecule has 0 radical (unpaired) electrons. The van der Waals surface area contributed by atoms with Crippen LogP contribution in [0.3, 0.4) is 0 Å². The first-order valence-electron chi connectivity index (χ1n) is 10.2. The van der Waals surface area contributed by atoms with Gasteiger partial charge < -0.3 is 19.9 Å². The van der Waals surface area contributed by atoms with Crippen molar-refractivity contribution in [1.82, 2.24) is 9.80 Å². The molecule has 1 N–H and O–H groups in total. The molecule has 2 saturated heterocycles. The van der Waals surface area contributed by atoms with Crippen LogP contribution in [-0.4, -0.2) is 73.4 Å². The normalized spacial score (nSPS) is 20.3. The van der Waals surface area contributed by atoms with Gasteiger partial charge in [-0.2, -0.15) is 0 Å². The number of nitrogens with one attached hydrogen (secondary N) is 1. The summed E-state index contributed by atoms with van der Waals surface area (Å²) in [5, 5.41) is 3.81. The number of benzene rings is 2. The van der Waals surface area contributed by atoms with E-state index in [0.717, 1.165) is 57.2 Å². The summed E-state index contributed by atoms with van der Waals surface area (Å²) in [5.74, 6) is -0.472. The van der Waals surface area contributed by atoms with Crippen LogP contribution in [0.5, 0.6) is 0 Å². The van der Waals surface area contributed by atoms with Gasteiger partial charge in [0.1, 0.15) is 11.6 Å². The molecule has 2 aliphatic heterocycles. The van der Waals surface area contributed by atoms with Gasteiger partial charge in [-0.25, -0.2) is 8.78 Å². The topological polar surface area (TPSA) is 31.0 Å². The summed E-state index contributed by atoms with van der Waals surface area (Å²) in [6.45, 7) is 6.65. The molecule has 2 aliphatic rings. The minimum absolute atomic E-state index is 0.0871. The van der Waals surface area contributed by atoms with Crippen LogP contribution in [0.4, 0.5) is 20.2 Å². The van der Waals surface area contributed by atoms with Crippen LogP contribution in [0.15, 0.2) is 48.5 Å². The van der Waals surface area contributed by atoms with Crippen LogP contribution < -0.4 is 10.2 Å². The lowest BCUT2D eigenvalue weighted by molar-refractivity contribution is -0.0236. The molecule has 2 aromatic carbocycles. The third-order valence-electron chi connectivity index (χ3n) is 5.55. The lowest BCUT2D eigenvalue weighted by Crippen LogP contribution is -2.54. The van der Waals surface area contributed by atoms with E-state index in [1.54, 1.807) is 12.1 Å². The molecule has 0 spiro atoms. The Morgan fingerprint density at radius 2 is 1.57 bits per heavy atom. The number of anilines is 2. The SMILES string of the molecule is Fc1ccc(NC(=S)N2CCOC(CN3CCN(c4ccc(F)cc4)CC3)C2)cc1. The van der Waals surface area contributed by atoms with Gasteiger partial charge in [-0.15, -0.1) is 0 Å². The average Bonchev–Trinajstić information content (AvgIpc) is 2.77. The van der Waals surface area contributed by atoms with Crippen LogP contribution >= 0.6 is 12.2 Å². The van der Waals surface area contributed by atoms with E-state index in [-0.39, 0.29) is 17.7 Å². The predicted octanol–water partition coefficient (Wildman–Crippen LogP) is 3.18. The molecular formula is C22H26F2N4OS. The largest absolute Gasteiger partial charge is 0.373 e. The first-order valence-corrected chi connectivity index (χ1v) is 10.6.